The van der Waals surface area contributed by atoms with Gasteiger partial charge < -0.3 is 10.8 Å². The number of rotatable bonds is 5. The number of aliphatic carboxylic acids is 1. The Morgan fingerprint density at radius 1 is 1.44 bits per heavy atom. The van der Waals surface area contributed by atoms with E-state index in [0.29, 0.717) is 22.9 Å². The molecule has 0 saturated heterocycles. The molecule has 16 heavy (non-hydrogen) atoms. The van der Waals surface area contributed by atoms with Crippen LogP contribution in [-0.2, 0) is 4.79 Å². The minimum Gasteiger partial charge on any atom is -0.481 e. The summed E-state index contributed by atoms with van der Waals surface area (Å²) in [7, 11) is 0. The van der Waals surface area contributed by atoms with Gasteiger partial charge in [0.25, 0.3) is 0 Å². The Balaban J connectivity index is 2.58. The van der Waals surface area contributed by atoms with Crippen molar-refractivity contribution in [3.63, 3.8) is 0 Å². The smallest absolute Gasteiger partial charge is 0.303 e. The van der Waals surface area contributed by atoms with Crippen LogP contribution in [0.5, 0.6) is 0 Å². The largest absolute Gasteiger partial charge is 0.481 e. The molecule has 0 fully saturated rings. The number of carboxylic acids is 1. The molecule has 1 rings (SSSR count). The minimum atomic E-state index is -0.811. The Labute approximate surface area is 104 Å². The van der Waals surface area contributed by atoms with Crippen molar-refractivity contribution in [2.45, 2.75) is 25.3 Å². The quantitative estimate of drug-likeness (QED) is 0.856. The van der Waals surface area contributed by atoms with Gasteiger partial charge in [-0.05, 0) is 30.5 Å². The number of hydrogen-bond donors (Lipinski definition) is 2. The van der Waals surface area contributed by atoms with Crippen LogP contribution in [0, 0.1) is 0 Å². The number of hydrogen-bond acceptors (Lipinski definition) is 2. The lowest BCUT2D eigenvalue weighted by atomic mass is 10.0. The fourth-order valence-electron chi connectivity index (χ4n) is 1.43. The van der Waals surface area contributed by atoms with E-state index >= 15 is 0 Å². The van der Waals surface area contributed by atoms with Gasteiger partial charge in [0.05, 0.1) is 0 Å². The van der Waals surface area contributed by atoms with E-state index < -0.39 is 5.97 Å². The molecule has 3 N–H and O–H groups in total. The van der Waals surface area contributed by atoms with E-state index in [1.54, 1.807) is 18.2 Å². The number of halogens is 2. The zero-order valence-corrected chi connectivity index (χ0v) is 10.1. The molecular weight excluding hydrogens is 249 g/mol. The summed E-state index contributed by atoms with van der Waals surface area (Å²) in [5.41, 5.74) is 6.71. The van der Waals surface area contributed by atoms with Gasteiger partial charge in [-0.2, -0.15) is 0 Å². The third-order valence-corrected chi connectivity index (χ3v) is 2.83. The topological polar surface area (TPSA) is 63.3 Å². The van der Waals surface area contributed by atoms with Crippen LogP contribution in [0.25, 0.3) is 0 Å². The molecule has 1 unspecified atom stereocenters. The van der Waals surface area contributed by atoms with Crippen molar-refractivity contribution in [1.29, 1.82) is 0 Å². The highest BCUT2D eigenvalue weighted by Gasteiger charge is 2.11. The molecule has 0 amide bonds. The number of benzene rings is 1. The highest BCUT2D eigenvalue weighted by Crippen LogP contribution is 2.27. The highest BCUT2D eigenvalue weighted by atomic mass is 35.5. The predicted octanol–water partition coefficient (Wildman–Crippen LogP) is 3.25. The lowest BCUT2D eigenvalue weighted by molar-refractivity contribution is -0.137. The molecule has 88 valence electrons. The summed E-state index contributed by atoms with van der Waals surface area (Å²) in [5.74, 6) is -0.811. The van der Waals surface area contributed by atoms with Crippen LogP contribution in [0.4, 0.5) is 0 Å². The molecule has 5 heteroatoms. The van der Waals surface area contributed by atoms with E-state index in [-0.39, 0.29) is 12.5 Å². The Morgan fingerprint density at radius 3 is 2.69 bits per heavy atom. The molecule has 1 atom stereocenters. The molecule has 0 bridgehead atoms. The summed E-state index contributed by atoms with van der Waals surface area (Å²) in [6, 6.07) is 4.88. The zero-order chi connectivity index (χ0) is 12.1. The van der Waals surface area contributed by atoms with Crippen molar-refractivity contribution >= 4 is 29.2 Å². The lowest BCUT2D eigenvalue weighted by Crippen LogP contribution is -2.11. The summed E-state index contributed by atoms with van der Waals surface area (Å²) in [5, 5.41) is 9.59. The van der Waals surface area contributed by atoms with Gasteiger partial charge >= 0.3 is 5.97 Å². The van der Waals surface area contributed by atoms with Gasteiger partial charge in [-0.15, -0.1) is 0 Å². The van der Waals surface area contributed by atoms with E-state index in [4.69, 9.17) is 34.0 Å². The van der Waals surface area contributed by atoms with Crippen LogP contribution in [0.3, 0.4) is 0 Å². The second-order valence-electron chi connectivity index (χ2n) is 3.56. The van der Waals surface area contributed by atoms with Crippen LogP contribution in [0.15, 0.2) is 18.2 Å². The van der Waals surface area contributed by atoms with Crippen LogP contribution in [0.2, 0.25) is 10.0 Å². The highest BCUT2D eigenvalue weighted by molar-refractivity contribution is 6.35. The first-order chi connectivity index (χ1) is 7.50. The first kappa shape index (κ1) is 13.3. The number of carbonyl (C=O) groups is 1. The van der Waals surface area contributed by atoms with Gasteiger partial charge in [-0.3, -0.25) is 4.79 Å². The van der Waals surface area contributed by atoms with Crippen molar-refractivity contribution in [2.24, 2.45) is 5.73 Å². The van der Waals surface area contributed by atoms with Gasteiger partial charge in [-0.25, -0.2) is 0 Å². The van der Waals surface area contributed by atoms with Crippen molar-refractivity contribution in [1.82, 2.24) is 0 Å². The van der Waals surface area contributed by atoms with Crippen LogP contribution in [-0.4, -0.2) is 11.1 Å². The molecule has 1 aromatic carbocycles. The SMILES string of the molecule is NC(CCCC(=O)O)c1ccc(Cl)cc1Cl. The maximum Gasteiger partial charge on any atom is 0.303 e. The zero-order valence-electron chi connectivity index (χ0n) is 8.62. The second kappa shape index (κ2) is 6.09. The summed E-state index contributed by atoms with van der Waals surface area (Å²) < 4.78 is 0. The Morgan fingerprint density at radius 2 is 2.12 bits per heavy atom. The predicted molar refractivity (Wildman–Crippen MR) is 64.9 cm³/mol. The van der Waals surface area contributed by atoms with E-state index in [1.165, 1.54) is 0 Å². The lowest BCUT2D eigenvalue weighted by Gasteiger charge is -2.13. The summed E-state index contributed by atoms with van der Waals surface area (Å²) in [4.78, 5) is 10.3. The molecule has 0 aliphatic rings. The third-order valence-electron chi connectivity index (χ3n) is 2.27. The molecule has 0 heterocycles. The fraction of sp³-hybridized carbons (Fsp3) is 0.364. The third kappa shape index (κ3) is 4.00. The molecule has 0 spiro atoms. The minimum absolute atomic E-state index is 0.124. The van der Waals surface area contributed by atoms with E-state index in [9.17, 15) is 4.79 Å². The van der Waals surface area contributed by atoms with Gasteiger partial charge in [0.15, 0.2) is 0 Å². The molecule has 0 aliphatic carbocycles. The van der Waals surface area contributed by atoms with E-state index in [0.717, 1.165) is 5.56 Å². The standard InChI is InChI=1S/C11H13Cl2NO2/c12-7-4-5-8(9(13)6-7)10(14)2-1-3-11(15)16/h4-6,10H,1-3,14H2,(H,15,16). The summed E-state index contributed by atoms with van der Waals surface area (Å²) in [6.07, 6.45) is 1.25. The molecule has 0 aromatic heterocycles. The van der Waals surface area contributed by atoms with Crippen molar-refractivity contribution in [3.05, 3.63) is 33.8 Å². The van der Waals surface area contributed by atoms with E-state index in [1.807, 2.05) is 0 Å². The molecule has 0 radical (unpaired) electrons. The van der Waals surface area contributed by atoms with E-state index in [2.05, 4.69) is 0 Å². The second-order valence-corrected chi connectivity index (χ2v) is 4.40. The molecular formula is C11H13Cl2NO2. The molecule has 1 aromatic rings. The average molecular weight is 262 g/mol. The molecule has 0 aliphatic heterocycles. The fourth-order valence-corrected chi connectivity index (χ4v) is 1.98. The Hall–Kier alpha value is -0.770. The van der Waals surface area contributed by atoms with Crippen LogP contribution in [0.1, 0.15) is 30.9 Å². The molecule has 3 nitrogen and oxygen atoms in total. The number of nitrogens with two attached hydrogens (primary N) is 1. The first-order valence-electron chi connectivity index (χ1n) is 4.93. The van der Waals surface area contributed by atoms with Gasteiger partial charge in [0.1, 0.15) is 0 Å². The normalized spacial score (nSPS) is 12.4. The van der Waals surface area contributed by atoms with Crippen LogP contribution < -0.4 is 5.73 Å². The monoisotopic (exact) mass is 261 g/mol. The maximum absolute atomic E-state index is 10.3. The number of carboxylic acid groups (broad SMARTS) is 1. The van der Waals surface area contributed by atoms with Gasteiger partial charge in [0, 0.05) is 22.5 Å². The van der Waals surface area contributed by atoms with Crippen molar-refractivity contribution in [2.75, 3.05) is 0 Å². The van der Waals surface area contributed by atoms with Crippen LogP contribution >= 0.6 is 23.2 Å². The van der Waals surface area contributed by atoms with Crippen molar-refractivity contribution < 1.29 is 9.90 Å². The van der Waals surface area contributed by atoms with Crippen molar-refractivity contribution in [3.8, 4) is 0 Å². The maximum atomic E-state index is 10.3. The Bertz CT molecular complexity index is 382. The molecule has 0 saturated carbocycles. The summed E-state index contributed by atoms with van der Waals surface area (Å²) >= 11 is 11.7. The Kier molecular flexibility index (Phi) is 5.06. The van der Waals surface area contributed by atoms with Gasteiger partial charge in [0.2, 0.25) is 0 Å². The summed E-state index contributed by atoms with van der Waals surface area (Å²) in [6.45, 7) is 0. The first-order valence-corrected chi connectivity index (χ1v) is 5.68. The average Bonchev–Trinajstić information content (AvgIpc) is 2.16. The van der Waals surface area contributed by atoms with Gasteiger partial charge in [-0.1, -0.05) is 29.3 Å².